The molecule has 0 saturated heterocycles. The second-order valence-corrected chi connectivity index (χ2v) is 5.96. The highest BCUT2D eigenvalue weighted by Crippen LogP contribution is 2.22. The van der Waals surface area contributed by atoms with Crippen LogP contribution < -0.4 is 5.32 Å². The largest absolute Gasteiger partial charge is 0.507 e. The van der Waals surface area contributed by atoms with Crippen LogP contribution in [0.4, 0.5) is 0 Å². The molecular formula is C15H14ClNO4S. The van der Waals surface area contributed by atoms with Crippen molar-refractivity contribution in [2.45, 2.75) is 13.0 Å². The summed E-state index contributed by atoms with van der Waals surface area (Å²) in [4.78, 5) is 24.6. The summed E-state index contributed by atoms with van der Waals surface area (Å²) in [7, 11) is 0. The van der Waals surface area contributed by atoms with Crippen molar-refractivity contribution in [2.75, 3.05) is 6.61 Å². The molecule has 1 amide bonds. The Balaban J connectivity index is 1.86. The summed E-state index contributed by atoms with van der Waals surface area (Å²) in [5.41, 5.74) is -0.0384. The van der Waals surface area contributed by atoms with E-state index in [0.717, 1.165) is 4.88 Å². The lowest BCUT2D eigenvalue weighted by atomic mass is 10.2. The van der Waals surface area contributed by atoms with Gasteiger partial charge >= 0.3 is 5.97 Å². The molecule has 116 valence electrons. The molecule has 1 atom stereocenters. The summed E-state index contributed by atoms with van der Waals surface area (Å²) >= 11 is 7.21. The second-order valence-electron chi connectivity index (χ2n) is 4.54. The lowest BCUT2D eigenvalue weighted by Crippen LogP contribution is -2.30. The van der Waals surface area contributed by atoms with Crippen LogP contribution >= 0.6 is 22.9 Å². The van der Waals surface area contributed by atoms with Gasteiger partial charge in [0.05, 0.1) is 6.04 Å². The fourth-order valence-electron chi connectivity index (χ4n) is 1.78. The maximum Gasteiger partial charge on any atom is 0.342 e. The van der Waals surface area contributed by atoms with Gasteiger partial charge in [-0.25, -0.2) is 4.79 Å². The van der Waals surface area contributed by atoms with Crippen LogP contribution in [0.3, 0.4) is 0 Å². The number of hydrogen-bond acceptors (Lipinski definition) is 5. The van der Waals surface area contributed by atoms with E-state index in [-0.39, 0.29) is 17.4 Å². The smallest absolute Gasteiger partial charge is 0.342 e. The molecule has 0 spiro atoms. The topological polar surface area (TPSA) is 75.6 Å². The van der Waals surface area contributed by atoms with Crippen molar-refractivity contribution >= 4 is 34.8 Å². The summed E-state index contributed by atoms with van der Waals surface area (Å²) in [5.74, 6) is -1.49. The van der Waals surface area contributed by atoms with E-state index in [0.29, 0.717) is 5.02 Å². The fourth-order valence-corrected chi connectivity index (χ4v) is 2.68. The Labute approximate surface area is 136 Å². The van der Waals surface area contributed by atoms with Crippen LogP contribution in [0.15, 0.2) is 35.7 Å². The minimum Gasteiger partial charge on any atom is -0.507 e. The third kappa shape index (κ3) is 4.22. The fraction of sp³-hybridized carbons (Fsp3) is 0.200. The molecule has 1 aromatic heterocycles. The average Bonchev–Trinajstić information content (AvgIpc) is 2.99. The van der Waals surface area contributed by atoms with Gasteiger partial charge in [-0.05, 0) is 36.6 Å². The number of esters is 1. The van der Waals surface area contributed by atoms with Crippen molar-refractivity contribution < 1.29 is 19.4 Å². The normalized spacial score (nSPS) is 11.7. The van der Waals surface area contributed by atoms with Gasteiger partial charge in [0.2, 0.25) is 0 Å². The molecule has 0 aliphatic heterocycles. The maximum atomic E-state index is 11.8. The summed E-state index contributed by atoms with van der Waals surface area (Å²) in [6, 6.07) is 7.68. The molecule has 0 saturated carbocycles. The van der Waals surface area contributed by atoms with Gasteiger partial charge in [-0.1, -0.05) is 17.7 Å². The quantitative estimate of drug-likeness (QED) is 0.820. The van der Waals surface area contributed by atoms with Crippen molar-refractivity contribution in [3.63, 3.8) is 0 Å². The van der Waals surface area contributed by atoms with Crippen LogP contribution in [-0.4, -0.2) is 23.6 Å². The van der Waals surface area contributed by atoms with Gasteiger partial charge in [-0.15, -0.1) is 11.3 Å². The standard InChI is InChI=1S/C15H14ClNO4S/c1-9(13-3-2-6-22-13)17-14(19)8-21-15(20)11-5-4-10(16)7-12(11)18/h2-7,9,18H,8H2,1H3,(H,17,19)/t9-/m0/s1. The number of phenolic OH excluding ortho intramolecular Hbond substituents is 1. The van der Waals surface area contributed by atoms with Gasteiger partial charge in [0.25, 0.3) is 5.91 Å². The zero-order valence-electron chi connectivity index (χ0n) is 11.7. The van der Waals surface area contributed by atoms with E-state index in [4.69, 9.17) is 16.3 Å². The van der Waals surface area contributed by atoms with Crippen LogP contribution in [0.25, 0.3) is 0 Å². The van der Waals surface area contributed by atoms with Gasteiger partial charge in [-0.2, -0.15) is 0 Å². The number of hydrogen-bond donors (Lipinski definition) is 2. The number of thiophene rings is 1. The number of phenols is 1. The van der Waals surface area contributed by atoms with Crippen molar-refractivity contribution in [1.29, 1.82) is 0 Å². The Morgan fingerprint density at radius 3 is 2.82 bits per heavy atom. The Morgan fingerprint density at radius 1 is 1.41 bits per heavy atom. The van der Waals surface area contributed by atoms with Crippen molar-refractivity contribution in [3.8, 4) is 5.75 Å². The first-order chi connectivity index (χ1) is 10.5. The zero-order chi connectivity index (χ0) is 16.1. The number of benzene rings is 1. The Morgan fingerprint density at radius 2 is 2.18 bits per heavy atom. The zero-order valence-corrected chi connectivity index (χ0v) is 13.3. The molecule has 22 heavy (non-hydrogen) atoms. The highest BCUT2D eigenvalue weighted by molar-refractivity contribution is 7.10. The maximum absolute atomic E-state index is 11.8. The molecule has 0 aliphatic carbocycles. The molecule has 2 aromatic rings. The highest BCUT2D eigenvalue weighted by atomic mass is 35.5. The van der Waals surface area contributed by atoms with Crippen molar-refractivity contribution in [1.82, 2.24) is 5.32 Å². The molecule has 0 fully saturated rings. The molecule has 0 unspecified atom stereocenters. The van der Waals surface area contributed by atoms with E-state index in [1.165, 1.54) is 29.5 Å². The van der Waals surface area contributed by atoms with Crippen LogP contribution in [0.1, 0.15) is 28.2 Å². The highest BCUT2D eigenvalue weighted by Gasteiger charge is 2.16. The van der Waals surface area contributed by atoms with Crippen molar-refractivity contribution in [3.05, 3.63) is 51.2 Å². The first-order valence-electron chi connectivity index (χ1n) is 6.46. The molecule has 0 bridgehead atoms. The lowest BCUT2D eigenvalue weighted by Gasteiger charge is -2.12. The minimum atomic E-state index is -0.784. The molecule has 0 aliphatic rings. The summed E-state index contributed by atoms with van der Waals surface area (Å²) in [5, 5.41) is 14.6. The van der Waals surface area contributed by atoms with Crippen LogP contribution in [0.2, 0.25) is 5.02 Å². The molecule has 2 N–H and O–H groups in total. The van der Waals surface area contributed by atoms with Crippen LogP contribution in [0, 0.1) is 0 Å². The predicted octanol–water partition coefficient (Wildman–Crippen LogP) is 3.14. The van der Waals surface area contributed by atoms with Gasteiger partial charge in [0.1, 0.15) is 11.3 Å². The molecular weight excluding hydrogens is 326 g/mol. The molecule has 5 nitrogen and oxygen atoms in total. The minimum absolute atomic E-state index is 0.0384. The number of aromatic hydroxyl groups is 1. The number of rotatable bonds is 5. The SMILES string of the molecule is C[C@H](NC(=O)COC(=O)c1ccc(Cl)cc1O)c1cccs1. The van der Waals surface area contributed by atoms with Gasteiger partial charge in [-0.3, -0.25) is 4.79 Å². The number of carbonyl (C=O) groups is 2. The summed E-state index contributed by atoms with van der Waals surface area (Å²) in [6.45, 7) is 1.42. The average molecular weight is 340 g/mol. The molecule has 1 heterocycles. The van der Waals surface area contributed by atoms with Gasteiger partial charge < -0.3 is 15.2 Å². The molecule has 0 radical (unpaired) electrons. The Kier molecular flexibility index (Phi) is 5.41. The Hall–Kier alpha value is -2.05. The first-order valence-corrected chi connectivity index (χ1v) is 7.71. The number of carbonyl (C=O) groups excluding carboxylic acids is 2. The van der Waals surface area contributed by atoms with E-state index in [1.807, 2.05) is 24.4 Å². The summed E-state index contributed by atoms with van der Waals surface area (Å²) < 4.78 is 4.88. The predicted molar refractivity (Wildman–Crippen MR) is 84.3 cm³/mol. The van der Waals surface area contributed by atoms with E-state index >= 15 is 0 Å². The van der Waals surface area contributed by atoms with E-state index in [1.54, 1.807) is 0 Å². The van der Waals surface area contributed by atoms with Crippen molar-refractivity contribution in [2.24, 2.45) is 0 Å². The molecule has 1 aromatic carbocycles. The molecule has 2 rings (SSSR count). The number of halogens is 1. The monoisotopic (exact) mass is 339 g/mol. The number of ether oxygens (including phenoxy) is 1. The third-order valence-electron chi connectivity index (χ3n) is 2.86. The van der Waals surface area contributed by atoms with E-state index in [9.17, 15) is 14.7 Å². The van der Waals surface area contributed by atoms with Gasteiger partial charge in [0, 0.05) is 9.90 Å². The number of amides is 1. The first kappa shape index (κ1) is 16.3. The van der Waals surface area contributed by atoms with E-state index < -0.39 is 18.5 Å². The molecule has 7 heteroatoms. The summed E-state index contributed by atoms with van der Waals surface area (Å²) in [6.07, 6.45) is 0. The number of nitrogens with one attached hydrogen (secondary N) is 1. The lowest BCUT2D eigenvalue weighted by molar-refractivity contribution is -0.124. The van der Waals surface area contributed by atoms with Gasteiger partial charge in [0.15, 0.2) is 6.61 Å². The second kappa shape index (κ2) is 7.29. The third-order valence-corrected chi connectivity index (χ3v) is 4.15. The van der Waals surface area contributed by atoms with Crippen LogP contribution in [0.5, 0.6) is 5.75 Å². The van der Waals surface area contributed by atoms with Crippen LogP contribution in [-0.2, 0) is 9.53 Å². The Bertz CT molecular complexity index is 672. The van der Waals surface area contributed by atoms with E-state index in [2.05, 4.69) is 5.32 Å².